The topological polar surface area (TPSA) is 47.7 Å². The second-order valence-electron chi connectivity index (χ2n) is 7.00. The molecule has 0 radical (unpaired) electrons. The van der Waals surface area contributed by atoms with E-state index in [2.05, 4.69) is 35.2 Å². The lowest BCUT2D eigenvalue weighted by molar-refractivity contribution is -0.118. The van der Waals surface area contributed by atoms with Crippen LogP contribution in [0.25, 0.3) is 0 Å². The van der Waals surface area contributed by atoms with E-state index in [1.165, 1.54) is 28.1 Å². The van der Waals surface area contributed by atoms with Crippen molar-refractivity contribution in [2.45, 2.75) is 45.5 Å². The minimum Gasteiger partial charge on any atom is -0.356 e. The molecule has 2 aromatic carbocycles. The van der Waals surface area contributed by atoms with E-state index in [4.69, 9.17) is 26.8 Å². The standard InChI is InChI=1S/C22H29ClN2O2/c1-16(26-2)27-15-17-5-10-21-19(13-17)7-6-18-8-9-20(23)14-22(18)25(21)12-4-3-11-24/h5,8-10,13-14,16H,3-4,6-7,11-12,15,24H2,1-2H3. The van der Waals surface area contributed by atoms with E-state index in [1.54, 1.807) is 7.11 Å². The number of rotatable bonds is 8. The summed E-state index contributed by atoms with van der Waals surface area (Å²) in [7, 11) is 1.66. The van der Waals surface area contributed by atoms with Crippen molar-refractivity contribution in [3.05, 3.63) is 58.1 Å². The molecule has 2 aromatic rings. The Hall–Kier alpha value is -1.59. The van der Waals surface area contributed by atoms with Crippen molar-refractivity contribution in [2.24, 2.45) is 5.73 Å². The summed E-state index contributed by atoms with van der Waals surface area (Å²) in [5.74, 6) is 0. The van der Waals surface area contributed by atoms with Crippen molar-refractivity contribution in [1.82, 2.24) is 0 Å². The Bertz CT molecular complexity index is 766. The van der Waals surface area contributed by atoms with Crippen LogP contribution in [0.3, 0.4) is 0 Å². The van der Waals surface area contributed by atoms with Gasteiger partial charge in [0.1, 0.15) is 0 Å². The first-order valence-electron chi connectivity index (χ1n) is 9.64. The van der Waals surface area contributed by atoms with Gasteiger partial charge in [0.2, 0.25) is 0 Å². The van der Waals surface area contributed by atoms with Crippen LogP contribution in [0.2, 0.25) is 5.02 Å². The summed E-state index contributed by atoms with van der Waals surface area (Å²) in [6.45, 7) is 4.11. The van der Waals surface area contributed by atoms with E-state index in [-0.39, 0.29) is 6.29 Å². The normalized spacial score (nSPS) is 14.4. The first kappa shape index (κ1) is 20.2. The summed E-state index contributed by atoms with van der Waals surface area (Å²) in [6, 6.07) is 12.9. The van der Waals surface area contributed by atoms with Crippen LogP contribution in [0.4, 0.5) is 11.4 Å². The van der Waals surface area contributed by atoms with Gasteiger partial charge in [-0.1, -0.05) is 29.8 Å². The highest BCUT2D eigenvalue weighted by molar-refractivity contribution is 6.30. The first-order chi connectivity index (χ1) is 13.1. The van der Waals surface area contributed by atoms with Crippen LogP contribution in [0, 0.1) is 0 Å². The van der Waals surface area contributed by atoms with Gasteiger partial charge in [-0.15, -0.1) is 0 Å². The van der Waals surface area contributed by atoms with Crippen LogP contribution in [0.1, 0.15) is 36.5 Å². The molecule has 2 N–H and O–H groups in total. The van der Waals surface area contributed by atoms with Crippen molar-refractivity contribution in [1.29, 1.82) is 0 Å². The highest BCUT2D eigenvalue weighted by Crippen LogP contribution is 2.38. The molecule has 0 aromatic heterocycles. The van der Waals surface area contributed by atoms with Crippen LogP contribution < -0.4 is 10.6 Å². The van der Waals surface area contributed by atoms with Gasteiger partial charge in [-0.25, -0.2) is 0 Å². The third-order valence-corrected chi connectivity index (χ3v) is 5.32. The maximum atomic E-state index is 6.32. The summed E-state index contributed by atoms with van der Waals surface area (Å²) in [5.41, 5.74) is 12.1. The number of benzene rings is 2. The Morgan fingerprint density at radius 3 is 2.67 bits per heavy atom. The summed E-state index contributed by atoms with van der Waals surface area (Å²) >= 11 is 6.32. The quantitative estimate of drug-likeness (QED) is 0.520. The number of fused-ring (bicyclic) bond motifs is 2. The van der Waals surface area contributed by atoms with Gasteiger partial charge >= 0.3 is 0 Å². The summed E-state index contributed by atoms with van der Waals surface area (Å²) in [4.78, 5) is 2.40. The van der Waals surface area contributed by atoms with Crippen LogP contribution in [0.15, 0.2) is 36.4 Å². The summed E-state index contributed by atoms with van der Waals surface area (Å²) < 4.78 is 10.9. The summed E-state index contributed by atoms with van der Waals surface area (Å²) in [6.07, 6.45) is 3.88. The Balaban J connectivity index is 1.90. The second-order valence-corrected chi connectivity index (χ2v) is 7.43. The molecular weight excluding hydrogens is 360 g/mol. The van der Waals surface area contributed by atoms with E-state index in [0.717, 1.165) is 43.8 Å². The number of unbranched alkanes of at least 4 members (excludes halogenated alkanes) is 1. The van der Waals surface area contributed by atoms with Gasteiger partial charge in [0, 0.05) is 30.1 Å². The van der Waals surface area contributed by atoms with Gasteiger partial charge in [-0.3, -0.25) is 0 Å². The minimum atomic E-state index is -0.206. The van der Waals surface area contributed by atoms with Crippen molar-refractivity contribution >= 4 is 23.0 Å². The SMILES string of the molecule is COC(C)OCc1ccc2c(c1)CCc1ccc(Cl)cc1N2CCCCN. The monoisotopic (exact) mass is 388 g/mol. The Kier molecular flexibility index (Phi) is 7.13. The predicted molar refractivity (Wildman–Crippen MR) is 112 cm³/mol. The zero-order valence-electron chi connectivity index (χ0n) is 16.2. The van der Waals surface area contributed by atoms with E-state index >= 15 is 0 Å². The van der Waals surface area contributed by atoms with Gasteiger partial charge in [0.05, 0.1) is 6.61 Å². The van der Waals surface area contributed by atoms with Crippen LogP contribution in [0.5, 0.6) is 0 Å². The maximum Gasteiger partial charge on any atom is 0.154 e. The molecule has 0 saturated heterocycles. The highest BCUT2D eigenvalue weighted by Gasteiger charge is 2.21. The fraction of sp³-hybridized carbons (Fsp3) is 0.455. The van der Waals surface area contributed by atoms with Gasteiger partial charge in [0.25, 0.3) is 0 Å². The molecule has 146 valence electrons. The predicted octanol–water partition coefficient (Wildman–Crippen LogP) is 4.82. The lowest BCUT2D eigenvalue weighted by Crippen LogP contribution is -2.20. The molecule has 0 amide bonds. The molecule has 3 rings (SSSR count). The molecule has 5 heteroatoms. The molecular formula is C22H29ClN2O2. The van der Waals surface area contributed by atoms with Crippen LogP contribution >= 0.6 is 11.6 Å². The number of nitrogens with two attached hydrogens (primary N) is 1. The third-order valence-electron chi connectivity index (χ3n) is 5.09. The highest BCUT2D eigenvalue weighted by atomic mass is 35.5. The average Bonchev–Trinajstić information content (AvgIpc) is 2.83. The van der Waals surface area contributed by atoms with Gasteiger partial charge in [-0.05, 0) is 74.0 Å². The summed E-state index contributed by atoms with van der Waals surface area (Å²) in [5, 5.41) is 0.777. The molecule has 27 heavy (non-hydrogen) atoms. The first-order valence-corrected chi connectivity index (χ1v) is 10.0. The Morgan fingerprint density at radius 1 is 1.07 bits per heavy atom. The molecule has 0 fully saturated rings. The lowest BCUT2D eigenvalue weighted by atomic mass is 10.0. The number of hydrogen-bond donors (Lipinski definition) is 1. The van der Waals surface area contributed by atoms with Crippen molar-refractivity contribution in [3.8, 4) is 0 Å². The van der Waals surface area contributed by atoms with E-state index < -0.39 is 0 Å². The van der Waals surface area contributed by atoms with E-state index in [1.807, 2.05) is 13.0 Å². The minimum absolute atomic E-state index is 0.206. The number of nitrogens with zero attached hydrogens (tertiary/aromatic N) is 1. The Morgan fingerprint density at radius 2 is 1.89 bits per heavy atom. The maximum absolute atomic E-state index is 6.32. The number of anilines is 2. The zero-order valence-corrected chi connectivity index (χ0v) is 17.0. The van der Waals surface area contributed by atoms with Crippen molar-refractivity contribution in [3.63, 3.8) is 0 Å². The molecule has 4 nitrogen and oxygen atoms in total. The van der Waals surface area contributed by atoms with Crippen LogP contribution in [-0.2, 0) is 28.9 Å². The molecule has 1 unspecified atom stereocenters. The molecule has 0 spiro atoms. The number of methoxy groups -OCH3 is 1. The number of ether oxygens (including phenoxy) is 2. The van der Waals surface area contributed by atoms with Crippen LogP contribution in [-0.4, -0.2) is 26.5 Å². The second kappa shape index (κ2) is 9.56. The van der Waals surface area contributed by atoms with Gasteiger partial charge in [-0.2, -0.15) is 0 Å². The van der Waals surface area contributed by atoms with E-state index in [0.29, 0.717) is 6.61 Å². The lowest BCUT2D eigenvalue weighted by Gasteiger charge is -2.27. The van der Waals surface area contributed by atoms with Crippen molar-refractivity contribution in [2.75, 3.05) is 25.1 Å². The smallest absolute Gasteiger partial charge is 0.154 e. The fourth-order valence-corrected chi connectivity index (χ4v) is 3.69. The average molecular weight is 389 g/mol. The number of hydrogen-bond acceptors (Lipinski definition) is 4. The molecule has 0 bridgehead atoms. The number of aryl methyl sites for hydroxylation is 2. The zero-order chi connectivity index (χ0) is 19.2. The molecule has 1 heterocycles. The fourth-order valence-electron chi connectivity index (χ4n) is 3.53. The van der Waals surface area contributed by atoms with Crippen molar-refractivity contribution < 1.29 is 9.47 Å². The third kappa shape index (κ3) is 5.02. The largest absolute Gasteiger partial charge is 0.356 e. The van der Waals surface area contributed by atoms with Gasteiger partial charge < -0.3 is 20.1 Å². The molecule has 1 aliphatic heterocycles. The number of halogens is 1. The molecule has 0 saturated carbocycles. The molecule has 1 atom stereocenters. The van der Waals surface area contributed by atoms with Gasteiger partial charge in [0.15, 0.2) is 6.29 Å². The molecule has 1 aliphatic rings. The molecule has 0 aliphatic carbocycles. The Labute approximate surface area is 167 Å². The van der Waals surface area contributed by atoms with E-state index in [9.17, 15) is 0 Å².